The monoisotopic (exact) mass is 324 g/mol. The zero-order valence-corrected chi connectivity index (χ0v) is 14.1. The first-order valence-corrected chi connectivity index (χ1v) is 8.22. The molecule has 1 unspecified atom stereocenters. The van der Waals surface area contributed by atoms with E-state index in [9.17, 15) is 0 Å². The quantitative estimate of drug-likeness (QED) is 0.731. The Labute approximate surface area is 137 Å². The molecule has 1 aromatic heterocycles. The minimum absolute atomic E-state index is 0.431. The zero-order valence-electron chi connectivity index (χ0n) is 12.6. The average molecular weight is 325 g/mol. The van der Waals surface area contributed by atoms with Crippen molar-refractivity contribution in [2.45, 2.75) is 39.3 Å². The number of nitrogens with one attached hydrogen (secondary N) is 1. The lowest BCUT2D eigenvalue weighted by molar-refractivity contribution is 0.517. The van der Waals surface area contributed by atoms with Crippen molar-refractivity contribution in [2.75, 3.05) is 6.54 Å². The number of hydrogen-bond donors (Lipinski definition) is 1. The van der Waals surface area contributed by atoms with Crippen LogP contribution in [0.3, 0.4) is 0 Å². The van der Waals surface area contributed by atoms with Crippen LogP contribution in [0.2, 0.25) is 10.0 Å². The first-order valence-electron chi connectivity index (χ1n) is 7.47. The first-order chi connectivity index (χ1) is 10.1. The van der Waals surface area contributed by atoms with E-state index in [0.717, 1.165) is 31.5 Å². The molecule has 4 heteroatoms. The van der Waals surface area contributed by atoms with Gasteiger partial charge in [-0.15, -0.1) is 0 Å². The van der Waals surface area contributed by atoms with Crippen molar-refractivity contribution in [3.8, 4) is 0 Å². The van der Waals surface area contributed by atoms with E-state index in [1.165, 1.54) is 5.56 Å². The summed E-state index contributed by atoms with van der Waals surface area (Å²) >= 11 is 12.0. The van der Waals surface area contributed by atoms with Crippen molar-refractivity contribution in [3.05, 3.63) is 57.8 Å². The summed E-state index contributed by atoms with van der Waals surface area (Å²) in [7, 11) is 0. The third-order valence-corrected chi connectivity index (χ3v) is 4.31. The minimum atomic E-state index is 0.431. The minimum Gasteiger partial charge on any atom is -0.350 e. The number of aromatic nitrogens is 1. The summed E-state index contributed by atoms with van der Waals surface area (Å²) in [4.78, 5) is 0. The molecular formula is C17H22Cl2N2. The number of rotatable bonds is 7. The van der Waals surface area contributed by atoms with E-state index in [4.69, 9.17) is 23.2 Å². The topological polar surface area (TPSA) is 17.0 Å². The standard InChI is InChI=1S/C17H22Cl2N2/c1-3-8-20-17(4-2)14-7-9-21(12-14)11-13-5-6-15(18)16(19)10-13/h5-7,9-10,12,17,20H,3-4,8,11H2,1-2H3. The lowest BCUT2D eigenvalue weighted by Crippen LogP contribution is -2.21. The van der Waals surface area contributed by atoms with Crippen LogP contribution in [0.25, 0.3) is 0 Å². The molecule has 21 heavy (non-hydrogen) atoms. The number of halogens is 2. The van der Waals surface area contributed by atoms with Gasteiger partial charge in [0.15, 0.2) is 0 Å². The molecule has 0 spiro atoms. The molecule has 0 bridgehead atoms. The Kier molecular flexibility index (Phi) is 6.16. The van der Waals surface area contributed by atoms with Gasteiger partial charge in [0.2, 0.25) is 0 Å². The van der Waals surface area contributed by atoms with Gasteiger partial charge in [0, 0.05) is 25.0 Å². The zero-order chi connectivity index (χ0) is 15.2. The molecule has 0 aliphatic rings. The van der Waals surface area contributed by atoms with E-state index in [1.54, 1.807) is 0 Å². The third-order valence-electron chi connectivity index (χ3n) is 3.57. The van der Waals surface area contributed by atoms with E-state index < -0.39 is 0 Å². The maximum Gasteiger partial charge on any atom is 0.0595 e. The van der Waals surface area contributed by atoms with Gasteiger partial charge in [-0.1, -0.05) is 43.1 Å². The molecular weight excluding hydrogens is 303 g/mol. The van der Waals surface area contributed by atoms with Crippen molar-refractivity contribution >= 4 is 23.2 Å². The SMILES string of the molecule is CCCNC(CC)c1ccn(Cc2ccc(Cl)c(Cl)c2)c1. The average Bonchev–Trinajstić information content (AvgIpc) is 2.92. The summed E-state index contributed by atoms with van der Waals surface area (Å²) in [6.07, 6.45) is 6.57. The van der Waals surface area contributed by atoms with Gasteiger partial charge in [0.1, 0.15) is 0 Å². The Morgan fingerprint density at radius 1 is 1.14 bits per heavy atom. The second kappa shape index (κ2) is 7.88. The van der Waals surface area contributed by atoms with Crippen LogP contribution in [0.15, 0.2) is 36.7 Å². The molecule has 0 aliphatic carbocycles. The Hall–Kier alpha value is -0.960. The maximum atomic E-state index is 6.06. The van der Waals surface area contributed by atoms with Gasteiger partial charge in [0.25, 0.3) is 0 Å². The molecule has 0 saturated carbocycles. The highest BCUT2D eigenvalue weighted by molar-refractivity contribution is 6.42. The Bertz CT molecular complexity index is 578. The van der Waals surface area contributed by atoms with E-state index >= 15 is 0 Å². The van der Waals surface area contributed by atoms with Crippen LogP contribution in [0.5, 0.6) is 0 Å². The molecule has 1 N–H and O–H groups in total. The number of nitrogens with zero attached hydrogens (tertiary/aromatic N) is 1. The molecule has 114 valence electrons. The van der Waals surface area contributed by atoms with Gasteiger partial charge in [-0.05, 0) is 48.7 Å². The van der Waals surface area contributed by atoms with Gasteiger partial charge < -0.3 is 9.88 Å². The van der Waals surface area contributed by atoms with E-state index in [-0.39, 0.29) is 0 Å². The van der Waals surface area contributed by atoms with Gasteiger partial charge in [-0.3, -0.25) is 0 Å². The molecule has 2 aromatic rings. The predicted octanol–water partition coefficient (Wildman–Crippen LogP) is 5.29. The van der Waals surface area contributed by atoms with Crippen molar-refractivity contribution < 1.29 is 0 Å². The molecule has 0 radical (unpaired) electrons. The molecule has 2 nitrogen and oxygen atoms in total. The molecule has 2 rings (SSSR count). The molecule has 1 heterocycles. The van der Waals surface area contributed by atoms with Crippen molar-refractivity contribution in [1.82, 2.24) is 9.88 Å². The smallest absolute Gasteiger partial charge is 0.0595 e. The fourth-order valence-electron chi connectivity index (χ4n) is 2.43. The number of benzene rings is 1. The molecule has 0 saturated heterocycles. The van der Waals surface area contributed by atoms with Crippen LogP contribution in [0.1, 0.15) is 43.9 Å². The normalized spacial score (nSPS) is 12.6. The largest absolute Gasteiger partial charge is 0.350 e. The summed E-state index contributed by atoms with van der Waals surface area (Å²) in [6.45, 7) is 6.26. The molecule has 0 aliphatic heterocycles. The Morgan fingerprint density at radius 2 is 1.95 bits per heavy atom. The maximum absolute atomic E-state index is 6.06. The number of hydrogen-bond acceptors (Lipinski definition) is 1. The summed E-state index contributed by atoms with van der Waals surface area (Å²) in [5, 5.41) is 4.79. The fourth-order valence-corrected chi connectivity index (χ4v) is 2.75. The van der Waals surface area contributed by atoms with E-state index in [0.29, 0.717) is 16.1 Å². The van der Waals surface area contributed by atoms with Gasteiger partial charge in [0.05, 0.1) is 10.0 Å². The summed E-state index contributed by atoms with van der Waals surface area (Å²) < 4.78 is 2.19. The molecule has 0 amide bonds. The molecule has 1 atom stereocenters. The van der Waals surface area contributed by atoms with Crippen molar-refractivity contribution in [2.24, 2.45) is 0 Å². The van der Waals surface area contributed by atoms with Gasteiger partial charge in [-0.25, -0.2) is 0 Å². The van der Waals surface area contributed by atoms with Crippen LogP contribution in [0.4, 0.5) is 0 Å². The predicted molar refractivity (Wildman–Crippen MR) is 91.3 cm³/mol. The van der Waals surface area contributed by atoms with Crippen molar-refractivity contribution in [3.63, 3.8) is 0 Å². The first kappa shape index (κ1) is 16.4. The van der Waals surface area contributed by atoms with E-state index in [1.807, 2.05) is 18.2 Å². The summed E-state index contributed by atoms with van der Waals surface area (Å²) in [6, 6.07) is 8.41. The molecule has 0 fully saturated rings. The van der Waals surface area contributed by atoms with E-state index in [2.05, 4.69) is 42.2 Å². The second-order valence-electron chi connectivity index (χ2n) is 5.28. The highest BCUT2D eigenvalue weighted by Crippen LogP contribution is 2.23. The lowest BCUT2D eigenvalue weighted by atomic mass is 10.1. The Balaban J connectivity index is 2.06. The van der Waals surface area contributed by atoms with Gasteiger partial charge >= 0.3 is 0 Å². The highest BCUT2D eigenvalue weighted by atomic mass is 35.5. The van der Waals surface area contributed by atoms with Crippen LogP contribution >= 0.6 is 23.2 Å². The van der Waals surface area contributed by atoms with Crippen molar-refractivity contribution in [1.29, 1.82) is 0 Å². The second-order valence-corrected chi connectivity index (χ2v) is 6.09. The van der Waals surface area contributed by atoms with Crippen LogP contribution < -0.4 is 5.32 Å². The summed E-state index contributed by atoms with van der Waals surface area (Å²) in [5.41, 5.74) is 2.49. The fraction of sp³-hybridized carbons (Fsp3) is 0.412. The van der Waals surface area contributed by atoms with Crippen LogP contribution in [-0.2, 0) is 6.54 Å². The molecule has 1 aromatic carbocycles. The Morgan fingerprint density at radius 3 is 2.62 bits per heavy atom. The van der Waals surface area contributed by atoms with Crippen LogP contribution in [0, 0.1) is 0 Å². The van der Waals surface area contributed by atoms with Gasteiger partial charge in [-0.2, -0.15) is 0 Å². The van der Waals surface area contributed by atoms with Crippen LogP contribution in [-0.4, -0.2) is 11.1 Å². The lowest BCUT2D eigenvalue weighted by Gasteiger charge is -2.15. The summed E-state index contributed by atoms with van der Waals surface area (Å²) in [5.74, 6) is 0. The highest BCUT2D eigenvalue weighted by Gasteiger charge is 2.09. The third kappa shape index (κ3) is 4.50.